The third kappa shape index (κ3) is 6.33. The Morgan fingerprint density at radius 1 is 0.900 bits per heavy atom. The number of anilines is 2. The first-order valence-corrected chi connectivity index (χ1v) is 12.8. The van der Waals surface area contributed by atoms with E-state index in [2.05, 4.69) is 10.6 Å². The number of amides is 3. The first-order valence-electron chi connectivity index (χ1n) is 12.8. The van der Waals surface area contributed by atoms with Crippen LogP contribution in [0.25, 0.3) is 16.8 Å². The van der Waals surface area contributed by atoms with E-state index in [9.17, 15) is 22.8 Å². The number of halogens is 3. The lowest BCUT2D eigenvalue weighted by molar-refractivity contribution is -0.137. The van der Waals surface area contributed by atoms with Gasteiger partial charge in [0, 0.05) is 12.1 Å². The Kier molecular flexibility index (Phi) is 8.57. The lowest BCUT2D eigenvalue weighted by Crippen LogP contribution is -2.41. The summed E-state index contributed by atoms with van der Waals surface area (Å²) in [6.07, 6.45) is -4.15. The molecule has 0 unspecified atom stereocenters. The van der Waals surface area contributed by atoms with Crippen molar-refractivity contribution < 1.29 is 22.8 Å². The monoisotopic (exact) mass is 549 g/mol. The molecule has 4 aromatic rings. The molecule has 0 saturated carbocycles. The molecule has 0 atom stereocenters. The van der Waals surface area contributed by atoms with Gasteiger partial charge in [-0.15, -0.1) is 0 Å². The van der Waals surface area contributed by atoms with Gasteiger partial charge in [0.15, 0.2) is 0 Å². The molecule has 0 aliphatic rings. The second-order valence-electron chi connectivity index (χ2n) is 9.32. The summed E-state index contributed by atoms with van der Waals surface area (Å²) in [5, 5.41) is 9.97. The Balaban J connectivity index is 1.64. The highest BCUT2D eigenvalue weighted by Gasteiger charge is 2.34. The summed E-state index contributed by atoms with van der Waals surface area (Å²) in [5.74, 6) is -0.0816. The van der Waals surface area contributed by atoms with Gasteiger partial charge in [0.05, 0.1) is 22.6 Å². The number of nitrogens with zero attached hydrogens (tertiary/aromatic N) is 3. The van der Waals surface area contributed by atoms with Crippen molar-refractivity contribution in [1.82, 2.24) is 14.7 Å². The molecular formula is C30H30F3N5O2. The van der Waals surface area contributed by atoms with Gasteiger partial charge in [-0.05, 0) is 49.6 Å². The van der Waals surface area contributed by atoms with Gasteiger partial charge in [0.1, 0.15) is 12.4 Å². The quantitative estimate of drug-likeness (QED) is 0.247. The van der Waals surface area contributed by atoms with E-state index < -0.39 is 23.7 Å². The average Bonchev–Trinajstić information content (AvgIpc) is 3.23. The number of para-hydroxylation sites is 2. The summed E-state index contributed by atoms with van der Waals surface area (Å²) in [5.41, 5.74) is 2.64. The largest absolute Gasteiger partial charge is 0.418 e. The molecule has 0 saturated heterocycles. The van der Waals surface area contributed by atoms with Crippen LogP contribution in [0.1, 0.15) is 30.2 Å². The van der Waals surface area contributed by atoms with Gasteiger partial charge >= 0.3 is 12.2 Å². The van der Waals surface area contributed by atoms with Crippen molar-refractivity contribution in [2.75, 3.05) is 23.7 Å². The molecule has 0 spiro atoms. The minimum Gasteiger partial charge on any atom is -0.315 e. The van der Waals surface area contributed by atoms with E-state index in [0.717, 1.165) is 28.4 Å². The molecule has 10 heteroatoms. The molecule has 3 amide bonds. The molecule has 0 aliphatic carbocycles. The average molecular weight is 550 g/mol. The van der Waals surface area contributed by atoms with Gasteiger partial charge in [-0.3, -0.25) is 4.79 Å². The molecule has 0 bridgehead atoms. The Morgan fingerprint density at radius 2 is 1.55 bits per heavy atom. The Bertz CT molecular complexity index is 1500. The van der Waals surface area contributed by atoms with Crippen molar-refractivity contribution in [3.63, 3.8) is 0 Å². The topological polar surface area (TPSA) is 79.3 Å². The fraction of sp³-hybridized carbons (Fsp3) is 0.233. The molecule has 0 radical (unpaired) electrons. The molecular weight excluding hydrogens is 519 g/mol. The number of urea groups is 1. The molecule has 4 rings (SSSR count). The minimum atomic E-state index is -4.64. The number of hydrogen-bond donors (Lipinski definition) is 2. The van der Waals surface area contributed by atoms with Gasteiger partial charge in [0.2, 0.25) is 5.91 Å². The predicted molar refractivity (Wildman–Crippen MR) is 149 cm³/mol. The number of aryl methyl sites for hydroxylation is 2. The zero-order valence-electron chi connectivity index (χ0n) is 22.4. The number of carbonyl (C=O) groups excluding carboxylic acids is 2. The van der Waals surface area contributed by atoms with E-state index >= 15 is 0 Å². The van der Waals surface area contributed by atoms with Crippen molar-refractivity contribution in [2.45, 2.75) is 33.4 Å². The van der Waals surface area contributed by atoms with Crippen molar-refractivity contribution in [1.29, 1.82) is 0 Å². The minimum absolute atomic E-state index is 0.162. The molecule has 208 valence electrons. The summed E-state index contributed by atoms with van der Waals surface area (Å²) < 4.78 is 42.0. The number of nitrogens with one attached hydrogen (secondary N) is 2. The van der Waals surface area contributed by atoms with Crippen LogP contribution in [0.5, 0.6) is 0 Å². The zero-order chi connectivity index (χ0) is 28.9. The zero-order valence-corrected chi connectivity index (χ0v) is 22.4. The lowest BCUT2D eigenvalue weighted by Gasteiger charge is -2.23. The van der Waals surface area contributed by atoms with Gasteiger partial charge in [-0.25, -0.2) is 9.48 Å². The normalized spacial score (nSPS) is 11.2. The third-order valence-corrected chi connectivity index (χ3v) is 6.31. The first kappa shape index (κ1) is 28.4. The summed E-state index contributed by atoms with van der Waals surface area (Å²) in [6.45, 7) is 5.38. The molecule has 1 aromatic heterocycles. The van der Waals surface area contributed by atoms with Gasteiger partial charge in [-0.2, -0.15) is 18.3 Å². The molecule has 0 fully saturated rings. The van der Waals surface area contributed by atoms with Gasteiger partial charge < -0.3 is 15.5 Å². The lowest BCUT2D eigenvalue weighted by atomic mass is 10.1. The number of aromatic nitrogens is 2. The van der Waals surface area contributed by atoms with Crippen LogP contribution in [0.15, 0.2) is 78.9 Å². The van der Waals surface area contributed by atoms with E-state index in [4.69, 9.17) is 5.10 Å². The number of benzene rings is 3. The van der Waals surface area contributed by atoms with Gasteiger partial charge in [0.25, 0.3) is 0 Å². The van der Waals surface area contributed by atoms with E-state index in [1.165, 1.54) is 23.1 Å². The molecule has 2 N–H and O–H groups in total. The third-order valence-electron chi connectivity index (χ3n) is 6.31. The summed E-state index contributed by atoms with van der Waals surface area (Å²) in [6, 6.07) is 21.0. The molecule has 0 aliphatic heterocycles. The predicted octanol–water partition coefficient (Wildman–Crippen LogP) is 7.06. The molecule has 3 aromatic carbocycles. The Labute approximate surface area is 230 Å². The van der Waals surface area contributed by atoms with Crippen molar-refractivity contribution in [2.24, 2.45) is 0 Å². The Morgan fingerprint density at radius 3 is 2.23 bits per heavy atom. The van der Waals surface area contributed by atoms with Gasteiger partial charge in [-0.1, -0.05) is 67.6 Å². The second-order valence-corrected chi connectivity index (χ2v) is 9.32. The van der Waals surface area contributed by atoms with Crippen molar-refractivity contribution >= 4 is 23.4 Å². The highest BCUT2D eigenvalue weighted by molar-refractivity contribution is 5.99. The van der Waals surface area contributed by atoms with Crippen molar-refractivity contribution in [3.05, 3.63) is 95.7 Å². The Hall–Kier alpha value is -4.60. The maximum Gasteiger partial charge on any atom is 0.418 e. The van der Waals surface area contributed by atoms with E-state index in [0.29, 0.717) is 17.9 Å². The molecule has 7 nitrogen and oxygen atoms in total. The van der Waals surface area contributed by atoms with Crippen LogP contribution < -0.4 is 10.6 Å². The van der Waals surface area contributed by atoms with Crippen LogP contribution in [-0.2, 0) is 11.0 Å². The van der Waals surface area contributed by atoms with Crippen molar-refractivity contribution in [3.8, 4) is 16.8 Å². The fourth-order valence-corrected chi connectivity index (χ4v) is 4.47. The van der Waals surface area contributed by atoms with E-state index in [1.54, 1.807) is 4.68 Å². The SMILES string of the molecule is CCCN(CC(=O)Nc1c(-c2ccccc2)c(C)nn1-c1ccccc1C)C(=O)Nc1ccccc1C(F)(F)F. The second kappa shape index (κ2) is 12.1. The summed E-state index contributed by atoms with van der Waals surface area (Å²) in [7, 11) is 0. The summed E-state index contributed by atoms with van der Waals surface area (Å²) >= 11 is 0. The van der Waals surface area contributed by atoms with Crippen LogP contribution in [0.2, 0.25) is 0 Å². The maximum atomic E-state index is 13.4. The maximum absolute atomic E-state index is 13.4. The first-order chi connectivity index (χ1) is 19.1. The van der Waals surface area contributed by atoms with Crippen LogP contribution in [-0.4, -0.2) is 39.7 Å². The van der Waals surface area contributed by atoms with E-state index in [1.807, 2.05) is 75.4 Å². The fourth-order valence-electron chi connectivity index (χ4n) is 4.47. The number of alkyl halides is 3. The number of rotatable bonds is 8. The van der Waals surface area contributed by atoms with Crippen LogP contribution in [0, 0.1) is 13.8 Å². The van der Waals surface area contributed by atoms with Crippen LogP contribution in [0.4, 0.5) is 29.5 Å². The highest BCUT2D eigenvalue weighted by atomic mass is 19.4. The molecule has 40 heavy (non-hydrogen) atoms. The smallest absolute Gasteiger partial charge is 0.315 e. The highest BCUT2D eigenvalue weighted by Crippen LogP contribution is 2.35. The standard InChI is InChI=1S/C30H30F3N5O2/c1-4-18-37(29(40)34-24-16-10-9-15-23(24)30(31,32)33)19-26(39)35-28-27(22-13-6-5-7-14-22)21(3)36-38(28)25-17-11-8-12-20(25)2/h5-17H,4,18-19H2,1-3H3,(H,34,40)(H,35,39). The molecule has 1 heterocycles. The summed E-state index contributed by atoms with van der Waals surface area (Å²) in [4.78, 5) is 27.6. The number of hydrogen-bond acceptors (Lipinski definition) is 3. The number of carbonyl (C=O) groups is 2. The van der Waals surface area contributed by atoms with Crippen LogP contribution in [0.3, 0.4) is 0 Å². The van der Waals surface area contributed by atoms with Crippen LogP contribution >= 0.6 is 0 Å². The van der Waals surface area contributed by atoms with E-state index in [-0.39, 0.29) is 18.8 Å².